The van der Waals surface area contributed by atoms with Gasteiger partial charge in [0.05, 0.1) is 29.0 Å². The molecule has 2 atom stereocenters. The molecule has 0 radical (unpaired) electrons. The first kappa shape index (κ1) is 16.5. The van der Waals surface area contributed by atoms with Gasteiger partial charge in [-0.1, -0.05) is 0 Å². The Balaban J connectivity index is 2.10. The van der Waals surface area contributed by atoms with E-state index in [1.165, 1.54) is 4.31 Å². The predicted molar refractivity (Wildman–Crippen MR) is 77.2 cm³/mol. The van der Waals surface area contributed by atoms with Crippen molar-refractivity contribution in [1.82, 2.24) is 4.31 Å². The van der Waals surface area contributed by atoms with E-state index >= 15 is 0 Å². The predicted octanol–water partition coefficient (Wildman–Crippen LogP) is 0.222. The standard InChI is InChI=1S/C11H20ClNO5S2/c1-9-7-13(8-10(6-12)18-9)20(16,17)11-2-4-19(14,15)5-3-11/h9-11H,2-8H2,1H3. The summed E-state index contributed by atoms with van der Waals surface area (Å²) in [4.78, 5) is 0. The highest BCUT2D eigenvalue weighted by molar-refractivity contribution is 7.92. The Kier molecular flexibility index (Phi) is 5.01. The monoisotopic (exact) mass is 345 g/mol. The normalized spacial score (nSPS) is 33.1. The summed E-state index contributed by atoms with van der Waals surface area (Å²) in [5.41, 5.74) is 0. The van der Waals surface area contributed by atoms with Crippen molar-refractivity contribution in [2.75, 3.05) is 30.5 Å². The zero-order valence-electron chi connectivity index (χ0n) is 11.4. The van der Waals surface area contributed by atoms with E-state index in [9.17, 15) is 16.8 Å². The van der Waals surface area contributed by atoms with Crippen LogP contribution in [0.25, 0.3) is 0 Å². The highest BCUT2D eigenvalue weighted by Crippen LogP contribution is 2.25. The molecule has 0 bridgehead atoms. The number of hydrogen-bond acceptors (Lipinski definition) is 5. The molecule has 2 aliphatic heterocycles. The lowest BCUT2D eigenvalue weighted by molar-refractivity contribution is -0.0425. The fourth-order valence-corrected chi connectivity index (χ4v) is 6.68. The number of alkyl halides is 1. The van der Waals surface area contributed by atoms with E-state index in [2.05, 4.69) is 0 Å². The van der Waals surface area contributed by atoms with Crippen LogP contribution in [-0.2, 0) is 24.6 Å². The van der Waals surface area contributed by atoms with E-state index in [4.69, 9.17) is 16.3 Å². The smallest absolute Gasteiger partial charge is 0.217 e. The first-order valence-corrected chi connectivity index (χ1v) is 10.5. The van der Waals surface area contributed by atoms with E-state index in [0.717, 1.165) is 0 Å². The molecule has 118 valence electrons. The second-order valence-electron chi connectivity index (χ2n) is 5.44. The summed E-state index contributed by atoms with van der Waals surface area (Å²) < 4.78 is 55.0. The van der Waals surface area contributed by atoms with Crippen molar-refractivity contribution < 1.29 is 21.6 Å². The van der Waals surface area contributed by atoms with Crippen LogP contribution < -0.4 is 0 Å². The Labute approximate surface area is 125 Å². The van der Waals surface area contributed by atoms with Gasteiger partial charge in [-0.2, -0.15) is 4.31 Å². The van der Waals surface area contributed by atoms with Crippen LogP contribution in [0.4, 0.5) is 0 Å². The molecule has 2 saturated heterocycles. The summed E-state index contributed by atoms with van der Waals surface area (Å²) in [6.45, 7) is 2.37. The van der Waals surface area contributed by atoms with Crippen LogP contribution in [0.3, 0.4) is 0 Å². The number of sulfonamides is 1. The lowest BCUT2D eigenvalue weighted by atomic mass is 10.2. The van der Waals surface area contributed by atoms with Gasteiger partial charge in [0.2, 0.25) is 10.0 Å². The van der Waals surface area contributed by atoms with Crippen LogP contribution in [-0.4, -0.2) is 69.1 Å². The first-order chi connectivity index (χ1) is 9.24. The van der Waals surface area contributed by atoms with Gasteiger partial charge in [0.1, 0.15) is 9.84 Å². The average Bonchev–Trinajstić information content (AvgIpc) is 2.37. The van der Waals surface area contributed by atoms with Crippen LogP contribution in [0.15, 0.2) is 0 Å². The maximum absolute atomic E-state index is 12.6. The van der Waals surface area contributed by atoms with E-state index in [1.54, 1.807) is 0 Å². The topological polar surface area (TPSA) is 80.8 Å². The molecule has 0 aliphatic carbocycles. The molecule has 0 aromatic rings. The van der Waals surface area contributed by atoms with E-state index in [0.29, 0.717) is 6.54 Å². The van der Waals surface area contributed by atoms with Crippen LogP contribution in [0.1, 0.15) is 19.8 Å². The molecule has 0 amide bonds. The third-order valence-electron chi connectivity index (χ3n) is 3.75. The van der Waals surface area contributed by atoms with Crippen LogP contribution >= 0.6 is 11.6 Å². The summed E-state index contributed by atoms with van der Waals surface area (Å²) in [7, 11) is -6.54. The zero-order valence-corrected chi connectivity index (χ0v) is 13.8. The fourth-order valence-electron chi connectivity index (χ4n) is 2.67. The van der Waals surface area contributed by atoms with Gasteiger partial charge in [-0.25, -0.2) is 16.8 Å². The van der Waals surface area contributed by atoms with Crippen molar-refractivity contribution in [3.63, 3.8) is 0 Å². The van der Waals surface area contributed by atoms with Crippen molar-refractivity contribution in [3.05, 3.63) is 0 Å². The number of rotatable bonds is 3. The molecule has 2 unspecified atom stereocenters. The summed E-state index contributed by atoms with van der Waals surface area (Å²) >= 11 is 5.76. The fraction of sp³-hybridized carbons (Fsp3) is 1.00. The van der Waals surface area contributed by atoms with Gasteiger partial charge < -0.3 is 4.74 Å². The highest BCUT2D eigenvalue weighted by Gasteiger charge is 2.40. The Morgan fingerprint density at radius 2 is 1.85 bits per heavy atom. The Morgan fingerprint density at radius 1 is 1.25 bits per heavy atom. The minimum Gasteiger partial charge on any atom is -0.371 e. The van der Waals surface area contributed by atoms with Crippen molar-refractivity contribution >= 4 is 31.5 Å². The zero-order chi connectivity index (χ0) is 15.0. The molecule has 2 aliphatic rings. The number of halogens is 1. The molecule has 0 aromatic carbocycles. The van der Waals surface area contributed by atoms with Gasteiger partial charge in [0, 0.05) is 19.0 Å². The maximum Gasteiger partial charge on any atom is 0.217 e. The molecular formula is C11H20ClNO5S2. The number of hydrogen-bond donors (Lipinski definition) is 0. The lowest BCUT2D eigenvalue weighted by Crippen LogP contribution is -2.53. The van der Waals surface area contributed by atoms with Crippen molar-refractivity contribution in [1.29, 1.82) is 0 Å². The van der Waals surface area contributed by atoms with Gasteiger partial charge in [0.15, 0.2) is 0 Å². The van der Waals surface area contributed by atoms with Crippen molar-refractivity contribution in [3.8, 4) is 0 Å². The maximum atomic E-state index is 12.6. The Morgan fingerprint density at radius 3 is 2.40 bits per heavy atom. The molecule has 0 aromatic heterocycles. The summed E-state index contributed by atoms with van der Waals surface area (Å²) in [6.07, 6.45) is -0.138. The van der Waals surface area contributed by atoms with E-state index in [-0.39, 0.29) is 49.0 Å². The van der Waals surface area contributed by atoms with Gasteiger partial charge >= 0.3 is 0 Å². The summed E-state index contributed by atoms with van der Waals surface area (Å²) in [5, 5.41) is -0.604. The van der Waals surface area contributed by atoms with Crippen LogP contribution in [0.5, 0.6) is 0 Å². The second kappa shape index (κ2) is 6.08. The molecule has 9 heteroatoms. The molecule has 2 fully saturated rings. The number of ether oxygens (including phenoxy) is 1. The van der Waals surface area contributed by atoms with Crippen LogP contribution in [0, 0.1) is 0 Å². The molecule has 6 nitrogen and oxygen atoms in total. The summed E-state index contributed by atoms with van der Waals surface area (Å²) in [6, 6.07) is 0. The minimum atomic E-state index is -3.48. The minimum absolute atomic E-state index is 0.0459. The van der Waals surface area contributed by atoms with Gasteiger partial charge in [-0.05, 0) is 19.8 Å². The highest BCUT2D eigenvalue weighted by atomic mass is 35.5. The Hall–Kier alpha value is 0.110. The molecule has 0 spiro atoms. The van der Waals surface area contributed by atoms with Gasteiger partial charge in [-0.15, -0.1) is 11.6 Å². The van der Waals surface area contributed by atoms with E-state index in [1.807, 2.05) is 6.92 Å². The molecular weight excluding hydrogens is 326 g/mol. The number of nitrogens with zero attached hydrogens (tertiary/aromatic N) is 1. The van der Waals surface area contributed by atoms with Crippen LogP contribution in [0.2, 0.25) is 0 Å². The molecule has 0 N–H and O–H groups in total. The third kappa shape index (κ3) is 3.65. The SMILES string of the molecule is CC1CN(S(=O)(=O)C2CCS(=O)(=O)CC2)CC(CCl)O1. The van der Waals surface area contributed by atoms with Gasteiger partial charge in [-0.3, -0.25) is 0 Å². The molecule has 20 heavy (non-hydrogen) atoms. The quantitative estimate of drug-likeness (QED) is 0.684. The number of sulfone groups is 1. The Bertz CT molecular complexity index is 533. The van der Waals surface area contributed by atoms with Gasteiger partial charge in [0.25, 0.3) is 0 Å². The van der Waals surface area contributed by atoms with Crippen molar-refractivity contribution in [2.45, 2.75) is 37.2 Å². The second-order valence-corrected chi connectivity index (χ2v) is 10.3. The molecule has 2 heterocycles. The van der Waals surface area contributed by atoms with Crippen molar-refractivity contribution in [2.24, 2.45) is 0 Å². The first-order valence-electron chi connectivity index (χ1n) is 6.65. The third-order valence-corrected chi connectivity index (χ3v) is 8.14. The molecule has 2 rings (SSSR count). The largest absolute Gasteiger partial charge is 0.371 e. The number of morpholine rings is 1. The molecule has 0 saturated carbocycles. The summed E-state index contributed by atoms with van der Waals surface area (Å²) in [5.74, 6) is 0.154. The lowest BCUT2D eigenvalue weighted by Gasteiger charge is -2.37. The average molecular weight is 346 g/mol. The van der Waals surface area contributed by atoms with E-state index < -0.39 is 25.1 Å².